The van der Waals surface area contributed by atoms with Gasteiger partial charge in [0.05, 0.1) is 0 Å². The molecule has 6 nitrogen and oxygen atoms in total. The van der Waals surface area contributed by atoms with E-state index in [9.17, 15) is 8.42 Å². The third-order valence-electron chi connectivity index (χ3n) is 2.80. The minimum atomic E-state index is -3.73. The Morgan fingerprint density at radius 3 is 2.60 bits per heavy atom. The lowest BCUT2D eigenvalue weighted by Crippen LogP contribution is -2.17. The average molecular weight is 359 g/mol. The van der Waals surface area contributed by atoms with Gasteiger partial charge in [-0.15, -0.1) is 5.10 Å². The molecule has 0 aliphatic rings. The summed E-state index contributed by atoms with van der Waals surface area (Å²) in [4.78, 5) is 0. The highest BCUT2D eigenvalue weighted by molar-refractivity contribution is 9.10. The van der Waals surface area contributed by atoms with Gasteiger partial charge in [-0.1, -0.05) is 31.2 Å². The molecule has 108 valence electrons. The van der Waals surface area contributed by atoms with Gasteiger partial charge in [0.1, 0.15) is 0 Å². The average Bonchev–Trinajstić information content (AvgIpc) is 2.69. The molecule has 2 rings (SSSR count). The van der Waals surface area contributed by atoms with E-state index in [0.29, 0.717) is 11.6 Å². The van der Waals surface area contributed by atoms with Gasteiger partial charge in [-0.25, -0.2) is 4.68 Å². The van der Waals surface area contributed by atoms with Crippen LogP contribution in [0.15, 0.2) is 33.9 Å². The summed E-state index contributed by atoms with van der Waals surface area (Å²) in [6, 6.07) is 7.31. The Labute approximate surface area is 126 Å². The van der Waals surface area contributed by atoms with Crippen LogP contribution in [0.4, 0.5) is 5.69 Å². The van der Waals surface area contributed by atoms with Crippen LogP contribution in [-0.2, 0) is 17.1 Å². The number of sulfonamides is 1. The second kappa shape index (κ2) is 5.53. The van der Waals surface area contributed by atoms with Crippen LogP contribution >= 0.6 is 15.9 Å². The lowest BCUT2D eigenvalue weighted by molar-refractivity contribution is 0.578. The lowest BCUT2D eigenvalue weighted by Gasteiger charge is -2.11. The van der Waals surface area contributed by atoms with Gasteiger partial charge in [0.2, 0.25) is 5.03 Å². The van der Waals surface area contributed by atoms with Gasteiger partial charge in [-0.2, -0.15) is 8.42 Å². The SMILES string of the molecule is CC(C)c1cccc(NS(=O)(=O)c2c(Br)nnn2C)c1. The first-order valence-corrected chi connectivity index (χ1v) is 8.27. The largest absolute Gasteiger partial charge is 0.281 e. The van der Waals surface area contributed by atoms with Gasteiger partial charge in [0, 0.05) is 12.7 Å². The molecule has 0 fully saturated rings. The Morgan fingerprint density at radius 2 is 2.05 bits per heavy atom. The zero-order valence-corrected chi connectivity index (χ0v) is 13.7. The highest BCUT2D eigenvalue weighted by Crippen LogP contribution is 2.23. The van der Waals surface area contributed by atoms with Crippen LogP contribution in [-0.4, -0.2) is 23.4 Å². The predicted octanol–water partition coefficient (Wildman–Crippen LogP) is 2.50. The summed E-state index contributed by atoms with van der Waals surface area (Å²) in [5.41, 5.74) is 1.58. The van der Waals surface area contributed by atoms with Crippen LogP contribution in [0.5, 0.6) is 0 Å². The number of halogens is 1. The summed E-state index contributed by atoms with van der Waals surface area (Å²) in [5, 5.41) is 7.34. The number of benzene rings is 1. The second-order valence-electron chi connectivity index (χ2n) is 4.69. The fourth-order valence-electron chi connectivity index (χ4n) is 1.77. The van der Waals surface area contributed by atoms with E-state index in [4.69, 9.17) is 0 Å². The second-order valence-corrected chi connectivity index (χ2v) is 7.04. The zero-order chi connectivity index (χ0) is 14.9. The van der Waals surface area contributed by atoms with E-state index in [1.807, 2.05) is 18.2 Å². The number of rotatable bonds is 4. The molecule has 0 spiro atoms. The van der Waals surface area contributed by atoms with E-state index in [1.165, 1.54) is 11.7 Å². The van der Waals surface area contributed by atoms with Crippen molar-refractivity contribution in [2.24, 2.45) is 7.05 Å². The molecule has 0 saturated heterocycles. The van der Waals surface area contributed by atoms with Crippen molar-refractivity contribution in [1.82, 2.24) is 15.0 Å². The summed E-state index contributed by atoms with van der Waals surface area (Å²) >= 11 is 3.09. The molecule has 20 heavy (non-hydrogen) atoms. The quantitative estimate of drug-likeness (QED) is 0.910. The first-order valence-electron chi connectivity index (χ1n) is 5.99. The van der Waals surface area contributed by atoms with E-state index < -0.39 is 10.0 Å². The van der Waals surface area contributed by atoms with E-state index >= 15 is 0 Å². The smallest absolute Gasteiger partial charge is 0.278 e. The third kappa shape index (κ3) is 3.01. The fourth-order valence-corrected chi connectivity index (χ4v) is 3.92. The van der Waals surface area contributed by atoms with Crippen LogP contribution in [0.3, 0.4) is 0 Å². The molecule has 0 saturated carbocycles. The summed E-state index contributed by atoms with van der Waals surface area (Å²) in [6.07, 6.45) is 0. The minimum Gasteiger partial charge on any atom is -0.278 e. The van der Waals surface area contributed by atoms with Crippen LogP contribution in [0.2, 0.25) is 0 Å². The van der Waals surface area contributed by atoms with Crippen molar-refractivity contribution in [1.29, 1.82) is 0 Å². The van der Waals surface area contributed by atoms with Gasteiger partial charge in [-0.05, 0) is 39.5 Å². The van der Waals surface area contributed by atoms with E-state index in [2.05, 4.69) is 44.8 Å². The van der Waals surface area contributed by atoms with Crippen molar-refractivity contribution in [2.45, 2.75) is 24.8 Å². The van der Waals surface area contributed by atoms with Crippen LogP contribution in [0, 0.1) is 0 Å². The molecule has 0 bridgehead atoms. The maximum atomic E-state index is 12.3. The van der Waals surface area contributed by atoms with Crippen LogP contribution < -0.4 is 4.72 Å². The van der Waals surface area contributed by atoms with Gasteiger partial charge >= 0.3 is 0 Å². The van der Waals surface area contributed by atoms with E-state index in [1.54, 1.807) is 6.07 Å². The normalized spacial score (nSPS) is 11.8. The van der Waals surface area contributed by atoms with Crippen molar-refractivity contribution in [2.75, 3.05) is 4.72 Å². The molecule has 2 aromatic rings. The standard InChI is InChI=1S/C12H15BrN4O2S/c1-8(2)9-5-4-6-10(7-9)15-20(18,19)12-11(13)14-16-17(12)3/h4-8,15H,1-3H3. The molecular weight excluding hydrogens is 344 g/mol. The Morgan fingerprint density at radius 1 is 1.35 bits per heavy atom. The van der Waals surface area contributed by atoms with Crippen molar-refractivity contribution in [3.63, 3.8) is 0 Å². The number of hydrogen-bond donors (Lipinski definition) is 1. The monoisotopic (exact) mass is 358 g/mol. The predicted molar refractivity (Wildman–Crippen MR) is 80.0 cm³/mol. The number of nitrogens with one attached hydrogen (secondary N) is 1. The number of anilines is 1. The molecule has 0 amide bonds. The summed E-state index contributed by atoms with van der Waals surface area (Å²) < 4.78 is 28.6. The highest BCUT2D eigenvalue weighted by atomic mass is 79.9. The molecule has 0 radical (unpaired) electrons. The molecule has 0 aliphatic carbocycles. The first kappa shape index (κ1) is 15.0. The van der Waals surface area contributed by atoms with Crippen LogP contribution in [0.25, 0.3) is 0 Å². The lowest BCUT2D eigenvalue weighted by atomic mass is 10.0. The summed E-state index contributed by atoms with van der Waals surface area (Å²) in [6.45, 7) is 4.10. The summed E-state index contributed by atoms with van der Waals surface area (Å²) in [7, 11) is -2.21. The summed E-state index contributed by atoms with van der Waals surface area (Å²) in [5.74, 6) is 0.324. The molecule has 0 atom stereocenters. The molecule has 1 aromatic carbocycles. The molecule has 1 aromatic heterocycles. The van der Waals surface area contributed by atoms with Crippen LogP contribution in [0.1, 0.15) is 25.3 Å². The maximum Gasteiger partial charge on any atom is 0.281 e. The zero-order valence-electron chi connectivity index (χ0n) is 11.3. The van der Waals surface area contributed by atoms with Crippen molar-refractivity contribution in [3.8, 4) is 0 Å². The first-order chi connectivity index (χ1) is 9.31. The Kier molecular flexibility index (Phi) is 4.14. The number of aryl methyl sites for hydroxylation is 1. The highest BCUT2D eigenvalue weighted by Gasteiger charge is 2.24. The van der Waals surface area contributed by atoms with Gasteiger partial charge in [-0.3, -0.25) is 4.72 Å². The molecular formula is C12H15BrN4O2S. The molecule has 1 N–H and O–H groups in total. The van der Waals surface area contributed by atoms with E-state index in [0.717, 1.165) is 5.56 Å². The van der Waals surface area contributed by atoms with Gasteiger partial charge in [0.15, 0.2) is 4.60 Å². The van der Waals surface area contributed by atoms with Crippen molar-refractivity contribution < 1.29 is 8.42 Å². The minimum absolute atomic E-state index is 0.00699. The molecule has 0 aliphatic heterocycles. The third-order valence-corrected chi connectivity index (χ3v) is 5.06. The number of aromatic nitrogens is 3. The molecule has 0 unspecified atom stereocenters. The Balaban J connectivity index is 2.36. The Hall–Kier alpha value is -1.41. The topological polar surface area (TPSA) is 76.9 Å². The number of nitrogens with zero attached hydrogens (tertiary/aromatic N) is 3. The van der Waals surface area contributed by atoms with Crippen molar-refractivity contribution in [3.05, 3.63) is 34.4 Å². The fraction of sp³-hybridized carbons (Fsp3) is 0.333. The van der Waals surface area contributed by atoms with Crippen molar-refractivity contribution >= 4 is 31.6 Å². The maximum absolute atomic E-state index is 12.3. The molecule has 1 heterocycles. The number of hydrogen-bond acceptors (Lipinski definition) is 4. The molecule has 8 heteroatoms. The van der Waals surface area contributed by atoms with E-state index in [-0.39, 0.29) is 9.63 Å². The van der Waals surface area contributed by atoms with Gasteiger partial charge < -0.3 is 0 Å². The van der Waals surface area contributed by atoms with Gasteiger partial charge in [0.25, 0.3) is 10.0 Å². The Bertz CT molecular complexity index is 705.